The minimum Gasteiger partial charge on any atom is -0.430 e. The minimum absolute atomic E-state index is 0.143. The predicted octanol–water partition coefficient (Wildman–Crippen LogP) is 3.81. The van der Waals surface area contributed by atoms with Crippen molar-refractivity contribution < 1.29 is 28.5 Å². The van der Waals surface area contributed by atoms with E-state index in [9.17, 15) is 9.59 Å². The third-order valence-electron chi connectivity index (χ3n) is 2.62. The first-order valence-electron chi connectivity index (χ1n) is 6.96. The Labute approximate surface area is 133 Å². The van der Waals surface area contributed by atoms with E-state index in [-0.39, 0.29) is 6.61 Å². The summed E-state index contributed by atoms with van der Waals surface area (Å²) in [5, 5.41) is 0. The second kappa shape index (κ2) is 8.43. The predicted molar refractivity (Wildman–Crippen MR) is 81.4 cm³/mol. The van der Waals surface area contributed by atoms with Gasteiger partial charge in [-0.2, -0.15) is 0 Å². The summed E-state index contributed by atoms with van der Waals surface area (Å²) in [5.41, 5.74) is 0. The molecular weight excluding hydrogens is 300 g/mol. The summed E-state index contributed by atoms with van der Waals surface area (Å²) in [5.74, 6) is 0.740. The van der Waals surface area contributed by atoms with Crippen LogP contribution in [-0.4, -0.2) is 25.0 Å². The van der Waals surface area contributed by atoms with Crippen LogP contribution in [-0.2, 0) is 9.47 Å². The number of para-hydroxylation sites is 2. The van der Waals surface area contributed by atoms with E-state index in [2.05, 4.69) is 0 Å². The van der Waals surface area contributed by atoms with Gasteiger partial charge in [0.05, 0.1) is 0 Å². The van der Waals surface area contributed by atoms with E-state index >= 15 is 0 Å². The zero-order valence-corrected chi connectivity index (χ0v) is 12.5. The molecule has 0 radical (unpaired) electrons. The van der Waals surface area contributed by atoms with E-state index in [1.807, 2.05) is 0 Å². The molecular formula is C17H16O6. The number of ether oxygens (including phenoxy) is 4. The van der Waals surface area contributed by atoms with Crippen molar-refractivity contribution in [3.63, 3.8) is 0 Å². The van der Waals surface area contributed by atoms with Gasteiger partial charge in [-0.05, 0) is 31.2 Å². The van der Waals surface area contributed by atoms with Gasteiger partial charge < -0.3 is 18.9 Å². The monoisotopic (exact) mass is 316 g/mol. The SMILES string of the molecule is CC(COC(=O)Oc1ccccc1)OC(=O)Oc1ccccc1. The highest BCUT2D eigenvalue weighted by Crippen LogP contribution is 2.11. The van der Waals surface area contributed by atoms with Crippen molar-refractivity contribution in [2.75, 3.05) is 6.61 Å². The summed E-state index contributed by atoms with van der Waals surface area (Å²) in [6, 6.07) is 17.0. The molecule has 23 heavy (non-hydrogen) atoms. The van der Waals surface area contributed by atoms with Gasteiger partial charge in [-0.3, -0.25) is 0 Å². The van der Waals surface area contributed by atoms with Crippen molar-refractivity contribution in [2.24, 2.45) is 0 Å². The molecule has 0 amide bonds. The van der Waals surface area contributed by atoms with Crippen LogP contribution in [0.15, 0.2) is 60.7 Å². The molecule has 0 bridgehead atoms. The Hall–Kier alpha value is -3.02. The fourth-order valence-electron chi connectivity index (χ4n) is 1.61. The average Bonchev–Trinajstić information content (AvgIpc) is 2.55. The van der Waals surface area contributed by atoms with Crippen LogP contribution >= 0.6 is 0 Å². The largest absolute Gasteiger partial charge is 0.514 e. The quantitative estimate of drug-likeness (QED) is 0.617. The molecule has 0 spiro atoms. The topological polar surface area (TPSA) is 71.1 Å². The molecule has 0 fully saturated rings. The maximum atomic E-state index is 11.5. The zero-order valence-electron chi connectivity index (χ0n) is 12.5. The van der Waals surface area contributed by atoms with Crippen LogP contribution < -0.4 is 9.47 Å². The Morgan fingerprint density at radius 1 is 0.826 bits per heavy atom. The van der Waals surface area contributed by atoms with Crippen LogP contribution in [0.25, 0.3) is 0 Å². The summed E-state index contributed by atoms with van der Waals surface area (Å²) < 4.78 is 19.7. The normalized spacial score (nSPS) is 11.2. The van der Waals surface area contributed by atoms with Crippen molar-refractivity contribution in [2.45, 2.75) is 13.0 Å². The smallest absolute Gasteiger partial charge is 0.430 e. The van der Waals surface area contributed by atoms with Crippen molar-refractivity contribution in [1.82, 2.24) is 0 Å². The Morgan fingerprint density at radius 3 is 1.83 bits per heavy atom. The van der Waals surface area contributed by atoms with E-state index < -0.39 is 18.4 Å². The van der Waals surface area contributed by atoms with Gasteiger partial charge in [0.15, 0.2) is 0 Å². The third kappa shape index (κ3) is 6.09. The fourth-order valence-corrected chi connectivity index (χ4v) is 1.61. The van der Waals surface area contributed by atoms with Crippen molar-refractivity contribution in [1.29, 1.82) is 0 Å². The van der Waals surface area contributed by atoms with Crippen LogP contribution in [0.2, 0.25) is 0 Å². The number of carbonyl (C=O) groups is 2. The molecule has 6 heteroatoms. The Balaban J connectivity index is 1.69. The molecule has 0 aliphatic carbocycles. The standard InChI is InChI=1S/C17H16O6/c1-13(21-17(19)23-15-10-6-3-7-11-15)12-20-16(18)22-14-8-4-2-5-9-14/h2-11,13H,12H2,1H3. The molecule has 0 aliphatic heterocycles. The summed E-state index contributed by atoms with van der Waals surface area (Å²) in [6.45, 7) is 1.43. The van der Waals surface area contributed by atoms with Gasteiger partial charge >= 0.3 is 12.3 Å². The van der Waals surface area contributed by atoms with Gasteiger partial charge in [0, 0.05) is 0 Å². The van der Waals surface area contributed by atoms with Gasteiger partial charge in [-0.1, -0.05) is 36.4 Å². The second-order valence-electron chi connectivity index (χ2n) is 4.57. The van der Waals surface area contributed by atoms with E-state index in [1.165, 1.54) is 0 Å². The Morgan fingerprint density at radius 2 is 1.30 bits per heavy atom. The third-order valence-corrected chi connectivity index (χ3v) is 2.62. The van der Waals surface area contributed by atoms with E-state index in [0.717, 1.165) is 0 Å². The lowest BCUT2D eigenvalue weighted by Crippen LogP contribution is -2.25. The Kier molecular flexibility index (Phi) is 5.99. The highest BCUT2D eigenvalue weighted by Gasteiger charge is 2.15. The molecule has 0 heterocycles. The molecule has 1 unspecified atom stereocenters. The van der Waals surface area contributed by atoms with Gasteiger partial charge in [0.1, 0.15) is 24.2 Å². The molecule has 0 aromatic heterocycles. The number of hydrogen-bond acceptors (Lipinski definition) is 6. The second-order valence-corrected chi connectivity index (χ2v) is 4.57. The Bertz CT molecular complexity index is 626. The lowest BCUT2D eigenvalue weighted by atomic mass is 10.3. The van der Waals surface area contributed by atoms with Crippen LogP contribution in [0.1, 0.15) is 6.92 Å². The van der Waals surface area contributed by atoms with Gasteiger partial charge in [-0.25, -0.2) is 9.59 Å². The fraction of sp³-hybridized carbons (Fsp3) is 0.176. The van der Waals surface area contributed by atoms with Crippen molar-refractivity contribution in [3.05, 3.63) is 60.7 Å². The molecule has 120 valence electrons. The first-order valence-corrected chi connectivity index (χ1v) is 6.96. The highest BCUT2D eigenvalue weighted by molar-refractivity contribution is 5.64. The first-order chi connectivity index (χ1) is 11.1. The molecule has 2 rings (SSSR count). The first kappa shape index (κ1) is 16.4. The summed E-state index contributed by atoms with van der Waals surface area (Å²) in [7, 11) is 0. The zero-order chi connectivity index (χ0) is 16.5. The van der Waals surface area contributed by atoms with Gasteiger partial charge in [0.25, 0.3) is 0 Å². The summed E-state index contributed by atoms with van der Waals surface area (Å²) in [4.78, 5) is 23.0. The minimum atomic E-state index is -0.872. The summed E-state index contributed by atoms with van der Waals surface area (Å²) in [6.07, 6.45) is -2.42. The molecule has 2 aromatic carbocycles. The number of benzene rings is 2. The lowest BCUT2D eigenvalue weighted by Gasteiger charge is -2.13. The van der Waals surface area contributed by atoms with E-state index in [4.69, 9.17) is 18.9 Å². The number of carbonyl (C=O) groups excluding carboxylic acids is 2. The molecule has 1 atom stereocenters. The molecule has 0 aliphatic rings. The van der Waals surface area contributed by atoms with E-state index in [1.54, 1.807) is 67.6 Å². The molecule has 0 saturated heterocycles. The van der Waals surface area contributed by atoms with Crippen LogP contribution in [0.4, 0.5) is 9.59 Å². The molecule has 0 N–H and O–H groups in total. The molecule has 6 nitrogen and oxygen atoms in total. The lowest BCUT2D eigenvalue weighted by molar-refractivity contribution is 0.0184. The van der Waals surface area contributed by atoms with Crippen molar-refractivity contribution >= 4 is 12.3 Å². The molecule has 0 saturated carbocycles. The number of rotatable bonds is 5. The summed E-state index contributed by atoms with van der Waals surface area (Å²) >= 11 is 0. The van der Waals surface area contributed by atoms with Gasteiger partial charge in [0.2, 0.25) is 0 Å². The van der Waals surface area contributed by atoms with Crippen molar-refractivity contribution in [3.8, 4) is 11.5 Å². The van der Waals surface area contributed by atoms with E-state index in [0.29, 0.717) is 11.5 Å². The highest BCUT2D eigenvalue weighted by atomic mass is 16.8. The maximum absolute atomic E-state index is 11.5. The van der Waals surface area contributed by atoms with Crippen LogP contribution in [0.3, 0.4) is 0 Å². The average molecular weight is 316 g/mol. The van der Waals surface area contributed by atoms with Gasteiger partial charge in [-0.15, -0.1) is 0 Å². The maximum Gasteiger partial charge on any atom is 0.514 e. The number of hydrogen-bond donors (Lipinski definition) is 0. The van der Waals surface area contributed by atoms with Crippen LogP contribution in [0.5, 0.6) is 11.5 Å². The molecule has 2 aromatic rings. The van der Waals surface area contributed by atoms with Crippen LogP contribution in [0, 0.1) is 0 Å².